The fraction of sp³-hybridized carbons (Fsp3) is 0.679. The molecule has 0 saturated carbocycles. The molecule has 2 rings (SSSR count). The molecule has 1 aliphatic rings. The molecule has 1 heterocycles. The molecule has 35 heavy (non-hydrogen) atoms. The number of rotatable bonds is 10. The minimum absolute atomic E-state index is 0.0262. The van der Waals surface area contributed by atoms with E-state index in [1.807, 2.05) is 58.0 Å². The average molecular weight is 488 g/mol. The van der Waals surface area contributed by atoms with Gasteiger partial charge in [0, 0.05) is 39.6 Å². The van der Waals surface area contributed by atoms with Gasteiger partial charge in [-0.15, -0.1) is 0 Å². The summed E-state index contributed by atoms with van der Waals surface area (Å²) < 4.78 is 5.82. The van der Waals surface area contributed by atoms with Crippen molar-refractivity contribution in [2.24, 2.45) is 11.8 Å². The third-order valence-corrected chi connectivity index (χ3v) is 6.75. The summed E-state index contributed by atoms with van der Waals surface area (Å²) in [5.74, 6) is -0.452. The molecule has 0 aromatic heterocycles. The molecule has 1 aromatic rings. The highest BCUT2D eigenvalue weighted by Crippen LogP contribution is 2.38. The van der Waals surface area contributed by atoms with Crippen molar-refractivity contribution in [2.75, 3.05) is 14.1 Å². The Bertz CT molecular complexity index is 850. The van der Waals surface area contributed by atoms with Gasteiger partial charge in [0.2, 0.25) is 11.8 Å². The predicted octanol–water partition coefficient (Wildman–Crippen LogP) is 4.01. The summed E-state index contributed by atoms with van der Waals surface area (Å²) in [5, 5.41) is 3.05. The van der Waals surface area contributed by atoms with Crippen LogP contribution in [0.4, 0.5) is 0 Å². The number of benzene rings is 1. The maximum atomic E-state index is 13.4. The van der Waals surface area contributed by atoms with Crippen LogP contribution in [0.3, 0.4) is 0 Å². The van der Waals surface area contributed by atoms with Crippen molar-refractivity contribution >= 4 is 17.8 Å². The van der Waals surface area contributed by atoms with Gasteiger partial charge in [0.25, 0.3) is 0 Å². The van der Waals surface area contributed by atoms with Gasteiger partial charge in [-0.05, 0) is 58.4 Å². The summed E-state index contributed by atoms with van der Waals surface area (Å²) in [6.07, 6.45) is 3.04. The highest BCUT2D eigenvalue weighted by Gasteiger charge is 2.49. The molecule has 196 valence electrons. The average Bonchev–Trinajstić information content (AvgIpc) is 3.09. The van der Waals surface area contributed by atoms with Crippen molar-refractivity contribution in [1.29, 1.82) is 0 Å². The van der Waals surface area contributed by atoms with Gasteiger partial charge >= 0.3 is 5.97 Å². The number of ether oxygens (including phenoxy) is 1. The molecule has 0 radical (unpaired) electrons. The number of hydrogen-bond acceptors (Lipinski definition) is 5. The standard InChI is InChI=1S/C28H45N3O4/c1-9-13-22(19(2)29-20(3)32)16-24-23(26(33)30(7)8)17-25(27(34)35-28(4,5)6)31(24)18-21-14-11-10-12-15-21/h10-12,14-15,19,22-25H,9,13,16-18H2,1-8H3,(H,29,32)/t19?,22?,23-,24-,25-/m1/s1. The molecular formula is C28H45N3O4. The third kappa shape index (κ3) is 8.34. The maximum Gasteiger partial charge on any atom is 0.323 e. The number of amides is 2. The Hall–Kier alpha value is -2.41. The minimum Gasteiger partial charge on any atom is -0.459 e. The van der Waals surface area contributed by atoms with Crippen LogP contribution in [0.25, 0.3) is 0 Å². The molecule has 7 heteroatoms. The van der Waals surface area contributed by atoms with E-state index in [1.54, 1.807) is 19.0 Å². The van der Waals surface area contributed by atoms with Crippen molar-refractivity contribution in [3.05, 3.63) is 35.9 Å². The van der Waals surface area contributed by atoms with Gasteiger partial charge in [0.05, 0.1) is 5.92 Å². The second kappa shape index (κ2) is 12.5. The molecular weight excluding hydrogens is 442 g/mol. The van der Waals surface area contributed by atoms with Crippen molar-refractivity contribution < 1.29 is 19.1 Å². The molecule has 2 unspecified atom stereocenters. The Balaban J connectivity index is 2.48. The van der Waals surface area contributed by atoms with Crippen LogP contribution in [0.2, 0.25) is 0 Å². The number of esters is 1. The molecule has 0 bridgehead atoms. The molecule has 1 saturated heterocycles. The van der Waals surface area contributed by atoms with Crippen LogP contribution in [0, 0.1) is 11.8 Å². The first kappa shape index (κ1) is 28.8. The second-order valence-corrected chi connectivity index (χ2v) is 11.1. The highest BCUT2D eigenvalue weighted by atomic mass is 16.6. The van der Waals surface area contributed by atoms with Crippen LogP contribution >= 0.6 is 0 Å². The third-order valence-electron chi connectivity index (χ3n) is 6.75. The van der Waals surface area contributed by atoms with E-state index in [0.717, 1.165) is 18.4 Å². The molecule has 2 amide bonds. The summed E-state index contributed by atoms with van der Waals surface area (Å²) in [4.78, 5) is 42.4. The van der Waals surface area contributed by atoms with E-state index in [0.29, 0.717) is 19.4 Å². The van der Waals surface area contributed by atoms with E-state index < -0.39 is 11.6 Å². The summed E-state index contributed by atoms with van der Waals surface area (Å²) in [6, 6.07) is 9.38. The van der Waals surface area contributed by atoms with Gasteiger partial charge < -0.3 is 15.0 Å². The topological polar surface area (TPSA) is 79.0 Å². The number of carbonyl (C=O) groups excluding carboxylic acids is 3. The van der Waals surface area contributed by atoms with Crippen molar-refractivity contribution in [3.63, 3.8) is 0 Å². The van der Waals surface area contributed by atoms with Gasteiger partial charge in [0.15, 0.2) is 0 Å². The van der Waals surface area contributed by atoms with Gasteiger partial charge in [-0.2, -0.15) is 0 Å². The van der Waals surface area contributed by atoms with Crippen LogP contribution in [0.15, 0.2) is 30.3 Å². The van der Waals surface area contributed by atoms with Crippen molar-refractivity contribution in [2.45, 2.75) is 97.5 Å². The lowest BCUT2D eigenvalue weighted by molar-refractivity contribution is -0.161. The van der Waals surface area contributed by atoms with E-state index >= 15 is 0 Å². The number of nitrogens with zero attached hydrogens (tertiary/aromatic N) is 2. The predicted molar refractivity (Wildman–Crippen MR) is 139 cm³/mol. The number of nitrogens with one attached hydrogen (secondary N) is 1. The molecule has 0 aliphatic carbocycles. The van der Waals surface area contributed by atoms with Gasteiger partial charge in [-0.25, -0.2) is 0 Å². The van der Waals surface area contributed by atoms with Gasteiger partial charge in [-0.3, -0.25) is 19.3 Å². The van der Waals surface area contributed by atoms with Gasteiger partial charge in [0.1, 0.15) is 11.6 Å². The largest absolute Gasteiger partial charge is 0.459 e. The van der Waals surface area contributed by atoms with Crippen molar-refractivity contribution in [3.8, 4) is 0 Å². The molecule has 0 spiro atoms. The monoisotopic (exact) mass is 487 g/mol. The SMILES string of the molecule is CCCC(C[C@@H]1[C@H](C(=O)N(C)C)C[C@H](C(=O)OC(C)(C)C)N1Cc1ccccc1)C(C)NC(C)=O. The van der Waals surface area contributed by atoms with Gasteiger partial charge in [-0.1, -0.05) is 43.7 Å². The lowest BCUT2D eigenvalue weighted by atomic mass is 9.84. The summed E-state index contributed by atoms with van der Waals surface area (Å²) in [5.41, 5.74) is 0.477. The lowest BCUT2D eigenvalue weighted by Gasteiger charge is -2.36. The smallest absolute Gasteiger partial charge is 0.323 e. The Kier molecular flexibility index (Phi) is 10.3. The second-order valence-electron chi connectivity index (χ2n) is 11.1. The van der Waals surface area contributed by atoms with E-state index in [2.05, 4.69) is 17.1 Å². The molecule has 1 N–H and O–H groups in total. The van der Waals surface area contributed by atoms with Crippen LogP contribution < -0.4 is 5.32 Å². The fourth-order valence-corrected chi connectivity index (χ4v) is 5.21. The zero-order valence-corrected chi connectivity index (χ0v) is 22.8. The Morgan fingerprint density at radius 3 is 2.31 bits per heavy atom. The van der Waals surface area contributed by atoms with Crippen LogP contribution in [-0.2, 0) is 25.7 Å². The molecule has 1 aromatic carbocycles. The molecule has 1 fully saturated rings. The highest BCUT2D eigenvalue weighted by molar-refractivity contribution is 5.83. The van der Waals surface area contributed by atoms with E-state index in [1.165, 1.54) is 6.92 Å². The Labute approximate surface area is 211 Å². The first-order valence-corrected chi connectivity index (χ1v) is 12.8. The van der Waals surface area contributed by atoms with E-state index in [4.69, 9.17) is 4.74 Å². The zero-order chi connectivity index (χ0) is 26.3. The number of carbonyl (C=O) groups is 3. The van der Waals surface area contributed by atoms with E-state index in [9.17, 15) is 14.4 Å². The first-order valence-electron chi connectivity index (χ1n) is 12.8. The Morgan fingerprint density at radius 1 is 1.17 bits per heavy atom. The maximum absolute atomic E-state index is 13.4. The first-order chi connectivity index (χ1) is 16.3. The van der Waals surface area contributed by atoms with Crippen molar-refractivity contribution in [1.82, 2.24) is 15.1 Å². The summed E-state index contributed by atoms with van der Waals surface area (Å²) >= 11 is 0. The lowest BCUT2D eigenvalue weighted by Crippen LogP contribution is -2.47. The van der Waals surface area contributed by atoms with E-state index in [-0.39, 0.29) is 41.7 Å². The quantitative estimate of drug-likeness (QED) is 0.505. The summed E-state index contributed by atoms with van der Waals surface area (Å²) in [7, 11) is 3.54. The molecule has 1 aliphatic heterocycles. The number of likely N-dealkylation sites (tertiary alicyclic amines) is 1. The number of hydrogen-bond donors (Lipinski definition) is 1. The fourth-order valence-electron chi connectivity index (χ4n) is 5.21. The molecule has 7 nitrogen and oxygen atoms in total. The normalized spacial score (nSPS) is 22.3. The Morgan fingerprint density at radius 2 is 1.80 bits per heavy atom. The van der Waals surface area contributed by atoms with Crippen LogP contribution in [-0.4, -0.2) is 65.4 Å². The van der Waals surface area contributed by atoms with Crippen LogP contribution in [0.5, 0.6) is 0 Å². The molecule has 5 atom stereocenters. The minimum atomic E-state index is -0.612. The summed E-state index contributed by atoms with van der Waals surface area (Å²) in [6.45, 7) is 11.9. The van der Waals surface area contributed by atoms with Crippen LogP contribution in [0.1, 0.15) is 72.8 Å². The zero-order valence-electron chi connectivity index (χ0n) is 22.8.